The maximum atomic E-state index is 12.2. The Morgan fingerprint density at radius 1 is 1.24 bits per heavy atom. The number of carbonyl (C=O) groups is 1. The molecular formula is C18H28N2O. The molecule has 3 heteroatoms. The monoisotopic (exact) mass is 288 g/mol. The van der Waals surface area contributed by atoms with E-state index in [0.717, 1.165) is 12.8 Å². The molecule has 0 aliphatic carbocycles. The van der Waals surface area contributed by atoms with Gasteiger partial charge in [0.15, 0.2) is 0 Å². The predicted molar refractivity (Wildman–Crippen MR) is 87.0 cm³/mol. The predicted octanol–water partition coefficient (Wildman–Crippen LogP) is 3.65. The third-order valence-corrected chi connectivity index (χ3v) is 4.42. The van der Waals surface area contributed by atoms with Crippen LogP contribution in [-0.4, -0.2) is 23.4 Å². The third kappa shape index (κ3) is 3.85. The Labute approximate surface area is 128 Å². The summed E-state index contributed by atoms with van der Waals surface area (Å²) in [5.41, 5.74) is 2.53. The SMILES string of the molecule is CCCCCC(C)N1C(=O)CNC1c1ccc(CC)cc1. The first-order valence-electron chi connectivity index (χ1n) is 8.30. The fourth-order valence-electron chi connectivity index (χ4n) is 3.06. The Bertz CT molecular complexity index is 455. The molecule has 1 amide bonds. The highest BCUT2D eigenvalue weighted by Crippen LogP contribution is 2.27. The van der Waals surface area contributed by atoms with Crippen molar-refractivity contribution in [2.45, 2.75) is 65.1 Å². The topological polar surface area (TPSA) is 32.3 Å². The van der Waals surface area contributed by atoms with Crippen molar-refractivity contribution in [3.63, 3.8) is 0 Å². The van der Waals surface area contributed by atoms with Crippen molar-refractivity contribution in [2.24, 2.45) is 0 Å². The number of rotatable bonds is 7. The lowest BCUT2D eigenvalue weighted by Gasteiger charge is -2.31. The van der Waals surface area contributed by atoms with Crippen LogP contribution in [0.3, 0.4) is 0 Å². The van der Waals surface area contributed by atoms with Crippen molar-refractivity contribution < 1.29 is 4.79 Å². The first-order chi connectivity index (χ1) is 10.2. The number of hydrogen-bond donors (Lipinski definition) is 1. The largest absolute Gasteiger partial charge is 0.319 e. The summed E-state index contributed by atoms with van der Waals surface area (Å²) in [6.45, 7) is 7.01. The lowest BCUT2D eigenvalue weighted by Crippen LogP contribution is -2.37. The average molecular weight is 288 g/mol. The number of benzene rings is 1. The molecule has 1 N–H and O–H groups in total. The highest BCUT2D eigenvalue weighted by atomic mass is 16.2. The van der Waals surface area contributed by atoms with Gasteiger partial charge in [0.1, 0.15) is 6.17 Å². The van der Waals surface area contributed by atoms with Crippen LogP contribution in [0, 0.1) is 0 Å². The van der Waals surface area contributed by atoms with Crippen LogP contribution in [0.25, 0.3) is 0 Å². The zero-order valence-electron chi connectivity index (χ0n) is 13.6. The standard InChI is InChI=1S/C18H28N2O/c1-4-6-7-8-14(3)20-17(21)13-19-18(20)16-11-9-15(5-2)10-12-16/h9-12,14,18-19H,4-8,13H2,1-3H3. The number of unbranched alkanes of at least 4 members (excludes halogenated alkanes) is 2. The number of amides is 1. The molecule has 0 bridgehead atoms. The molecule has 1 saturated heterocycles. The van der Waals surface area contributed by atoms with E-state index in [0.29, 0.717) is 12.6 Å². The van der Waals surface area contributed by atoms with Crippen LogP contribution in [0.4, 0.5) is 0 Å². The van der Waals surface area contributed by atoms with Crippen molar-refractivity contribution >= 4 is 5.91 Å². The fraction of sp³-hybridized carbons (Fsp3) is 0.611. The molecule has 0 saturated carbocycles. The minimum atomic E-state index is 0.0417. The van der Waals surface area contributed by atoms with Crippen molar-refractivity contribution in [3.05, 3.63) is 35.4 Å². The molecule has 1 fully saturated rings. The van der Waals surface area contributed by atoms with Gasteiger partial charge in [0.05, 0.1) is 6.54 Å². The summed E-state index contributed by atoms with van der Waals surface area (Å²) in [6, 6.07) is 8.94. The average Bonchev–Trinajstić information content (AvgIpc) is 2.89. The third-order valence-electron chi connectivity index (χ3n) is 4.42. The van der Waals surface area contributed by atoms with Gasteiger partial charge in [0.2, 0.25) is 5.91 Å². The molecule has 0 aromatic heterocycles. The molecule has 2 unspecified atom stereocenters. The van der Waals surface area contributed by atoms with Crippen LogP contribution in [0.15, 0.2) is 24.3 Å². The molecule has 1 heterocycles. The van der Waals surface area contributed by atoms with E-state index in [1.807, 2.05) is 4.90 Å². The second-order valence-corrected chi connectivity index (χ2v) is 6.02. The van der Waals surface area contributed by atoms with Crippen molar-refractivity contribution in [1.29, 1.82) is 0 Å². The van der Waals surface area contributed by atoms with Gasteiger partial charge in [-0.2, -0.15) is 0 Å². The van der Waals surface area contributed by atoms with Crippen LogP contribution >= 0.6 is 0 Å². The first kappa shape index (κ1) is 16.0. The highest BCUT2D eigenvalue weighted by molar-refractivity contribution is 5.81. The Morgan fingerprint density at radius 2 is 1.95 bits per heavy atom. The van der Waals surface area contributed by atoms with Crippen LogP contribution in [0.2, 0.25) is 0 Å². The molecule has 2 atom stereocenters. The summed E-state index contributed by atoms with van der Waals surface area (Å²) >= 11 is 0. The Morgan fingerprint density at radius 3 is 2.57 bits per heavy atom. The quantitative estimate of drug-likeness (QED) is 0.777. The number of nitrogens with zero attached hydrogens (tertiary/aromatic N) is 1. The molecule has 1 aromatic carbocycles. The number of nitrogens with one attached hydrogen (secondary N) is 1. The van der Waals surface area contributed by atoms with Gasteiger partial charge in [-0.25, -0.2) is 0 Å². The van der Waals surface area contributed by atoms with Crippen LogP contribution in [0.5, 0.6) is 0 Å². The summed E-state index contributed by atoms with van der Waals surface area (Å²) in [7, 11) is 0. The van der Waals surface area contributed by atoms with E-state index in [9.17, 15) is 4.79 Å². The molecule has 3 nitrogen and oxygen atoms in total. The maximum absolute atomic E-state index is 12.2. The summed E-state index contributed by atoms with van der Waals surface area (Å²) in [4.78, 5) is 14.3. The number of carbonyl (C=O) groups excluding carboxylic acids is 1. The van der Waals surface area contributed by atoms with Crippen LogP contribution in [-0.2, 0) is 11.2 Å². The Kier molecular flexibility index (Phi) is 5.80. The Balaban J connectivity index is 2.07. The molecule has 1 aliphatic heterocycles. The van der Waals surface area contributed by atoms with Gasteiger partial charge < -0.3 is 4.90 Å². The number of hydrogen-bond acceptors (Lipinski definition) is 2. The normalized spacial score (nSPS) is 20.0. The second-order valence-electron chi connectivity index (χ2n) is 6.02. The zero-order valence-corrected chi connectivity index (χ0v) is 13.6. The van der Waals surface area contributed by atoms with Crippen molar-refractivity contribution in [1.82, 2.24) is 10.2 Å². The van der Waals surface area contributed by atoms with Crippen molar-refractivity contribution in [2.75, 3.05) is 6.54 Å². The van der Waals surface area contributed by atoms with Gasteiger partial charge in [-0.1, -0.05) is 57.4 Å². The van der Waals surface area contributed by atoms with E-state index in [4.69, 9.17) is 0 Å². The highest BCUT2D eigenvalue weighted by Gasteiger charge is 2.34. The maximum Gasteiger partial charge on any atom is 0.238 e. The molecule has 1 aliphatic rings. The minimum Gasteiger partial charge on any atom is -0.319 e. The van der Waals surface area contributed by atoms with E-state index < -0.39 is 0 Å². The van der Waals surface area contributed by atoms with E-state index in [-0.39, 0.29) is 12.1 Å². The van der Waals surface area contributed by atoms with E-state index in [1.165, 1.54) is 30.4 Å². The van der Waals surface area contributed by atoms with Gasteiger partial charge in [-0.3, -0.25) is 10.1 Å². The van der Waals surface area contributed by atoms with Crippen molar-refractivity contribution in [3.8, 4) is 0 Å². The van der Waals surface area contributed by atoms with E-state index in [1.54, 1.807) is 0 Å². The lowest BCUT2D eigenvalue weighted by atomic mass is 10.0. The van der Waals surface area contributed by atoms with E-state index >= 15 is 0 Å². The first-order valence-corrected chi connectivity index (χ1v) is 8.30. The summed E-state index contributed by atoms with van der Waals surface area (Å²) in [6.07, 6.45) is 5.85. The van der Waals surface area contributed by atoms with Gasteiger partial charge >= 0.3 is 0 Å². The van der Waals surface area contributed by atoms with Gasteiger partial charge in [-0.05, 0) is 30.9 Å². The molecule has 21 heavy (non-hydrogen) atoms. The van der Waals surface area contributed by atoms with E-state index in [2.05, 4.69) is 50.4 Å². The fourth-order valence-corrected chi connectivity index (χ4v) is 3.06. The molecule has 116 valence electrons. The molecule has 0 radical (unpaired) electrons. The molecule has 1 aromatic rings. The van der Waals surface area contributed by atoms with Crippen LogP contribution < -0.4 is 5.32 Å². The Hall–Kier alpha value is -1.35. The summed E-state index contributed by atoms with van der Waals surface area (Å²) in [5, 5.41) is 3.36. The zero-order chi connectivity index (χ0) is 15.2. The molecule has 2 rings (SSSR count). The summed E-state index contributed by atoms with van der Waals surface area (Å²) < 4.78 is 0. The molecule has 0 spiro atoms. The molecular weight excluding hydrogens is 260 g/mol. The lowest BCUT2D eigenvalue weighted by molar-refractivity contribution is -0.130. The smallest absolute Gasteiger partial charge is 0.238 e. The second kappa shape index (κ2) is 7.60. The van der Waals surface area contributed by atoms with Gasteiger partial charge in [0.25, 0.3) is 0 Å². The van der Waals surface area contributed by atoms with Gasteiger partial charge in [0, 0.05) is 6.04 Å². The minimum absolute atomic E-state index is 0.0417. The number of aryl methyl sites for hydroxylation is 1. The summed E-state index contributed by atoms with van der Waals surface area (Å²) in [5.74, 6) is 0.226. The van der Waals surface area contributed by atoms with Gasteiger partial charge in [-0.15, -0.1) is 0 Å². The van der Waals surface area contributed by atoms with Crippen LogP contribution in [0.1, 0.15) is 63.7 Å².